The van der Waals surface area contributed by atoms with Crippen molar-refractivity contribution in [1.82, 2.24) is 0 Å². The van der Waals surface area contributed by atoms with Crippen molar-refractivity contribution in [3.8, 4) is 0 Å². The topological polar surface area (TPSA) is 0 Å². The lowest BCUT2D eigenvalue weighted by atomic mass is 10.3. The molecule has 0 radical (unpaired) electrons. The maximum Gasteiger partial charge on any atom is 0.0504 e. The van der Waals surface area contributed by atoms with Crippen molar-refractivity contribution < 1.29 is 0 Å². The van der Waals surface area contributed by atoms with E-state index in [1.54, 1.807) is 31.0 Å². The molecule has 0 amide bonds. The van der Waals surface area contributed by atoms with E-state index in [1.807, 2.05) is 0 Å². The molecule has 1 aliphatic rings. The van der Waals surface area contributed by atoms with Crippen molar-refractivity contribution in [3.05, 3.63) is 0 Å². The zero-order chi connectivity index (χ0) is 8.16. The molecular weight excluding hydrogens is 148 g/mol. The summed E-state index contributed by atoms with van der Waals surface area (Å²) in [6.45, 7) is 4.92. The molecule has 0 aliphatic carbocycles. The van der Waals surface area contributed by atoms with Gasteiger partial charge in [-0.3, -0.25) is 0 Å². The van der Waals surface area contributed by atoms with Crippen LogP contribution in [0.4, 0.5) is 0 Å². The Morgan fingerprint density at radius 3 is 2.27 bits per heavy atom. The predicted molar refractivity (Wildman–Crippen MR) is 54.8 cm³/mol. The van der Waals surface area contributed by atoms with Gasteiger partial charge in [0.05, 0.1) is 8.07 Å². The molecule has 0 spiro atoms. The van der Waals surface area contributed by atoms with Gasteiger partial charge in [-0.25, -0.2) is 0 Å². The lowest BCUT2D eigenvalue weighted by molar-refractivity contribution is 0.761. The van der Waals surface area contributed by atoms with E-state index in [2.05, 4.69) is 13.5 Å². The molecule has 0 aromatic rings. The van der Waals surface area contributed by atoms with Gasteiger partial charge in [0.1, 0.15) is 0 Å². The van der Waals surface area contributed by atoms with Gasteiger partial charge in [-0.2, -0.15) is 0 Å². The minimum absolute atomic E-state index is 0.623. The fraction of sp³-hybridized carbons (Fsp3) is 1.00. The highest BCUT2D eigenvalue weighted by Gasteiger charge is 2.29. The molecule has 0 atom stereocenters. The quantitative estimate of drug-likeness (QED) is 0.441. The van der Waals surface area contributed by atoms with E-state index in [0.717, 1.165) is 0 Å². The number of unbranched alkanes of at least 4 members (excludes halogenated alkanes) is 2. The summed E-state index contributed by atoms with van der Waals surface area (Å²) < 4.78 is 0. The van der Waals surface area contributed by atoms with Gasteiger partial charge in [-0.05, 0) is 0 Å². The largest absolute Gasteiger partial charge is 0.0691 e. The molecule has 0 unspecified atom stereocenters. The Balaban J connectivity index is 2.13. The first-order valence-electron chi connectivity index (χ1n) is 5.27. The summed E-state index contributed by atoms with van der Waals surface area (Å²) in [7, 11) is -0.623. The van der Waals surface area contributed by atoms with Gasteiger partial charge in [0.2, 0.25) is 0 Å². The standard InChI is InChI=1S/C10H22Si/c1-3-4-5-8-11(2)9-6-7-10-11/h3-10H2,1-2H3. The van der Waals surface area contributed by atoms with Crippen molar-refractivity contribution in [2.24, 2.45) is 0 Å². The maximum absolute atomic E-state index is 2.62. The monoisotopic (exact) mass is 170 g/mol. The van der Waals surface area contributed by atoms with Gasteiger partial charge in [-0.15, -0.1) is 0 Å². The van der Waals surface area contributed by atoms with Crippen LogP contribution in [0.2, 0.25) is 24.7 Å². The number of hydrogen-bond donors (Lipinski definition) is 0. The summed E-state index contributed by atoms with van der Waals surface area (Å²) >= 11 is 0. The van der Waals surface area contributed by atoms with E-state index in [4.69, 9.17) is 0 Å². The highest BCUT2D eigenvalue weighted by Crippen LogP contribution is 2.34. The second-order valence-corrected chi connectivity index (χ2v) is 9.60. The van der Waals surface area contributed by atoms with E-state index in [0.29, 0.717) is 0 Å². The molecule has 0 nitrogen and oxygen atoms in total. The Morgan fingerprint density at radius 1 is 1.09 bits per heavy atom. The average Bonchev–Trinajstić information content (AvgIpc) is 2.38. The predicted octanol–water partition coefficient (Wildman–Crippen LogP) is 4.05. The van der Waals surface area contributed by atoms with Crippen molar-refractivity contribution in [3.63, 3.8) is 0 Å². The average molecular weight is 170 g/mol. The van der Waals surface area contributed by atoms with Crippen LogP contribution in [-0.4, -0.2) is 8.07 Å². The van der Waals surface area contributed by atoms with Crippen LogP contribution in [0.3, 0.4) is 0 Å². The molecule has 0 aromatic heterocycles. The highest BCUT2D eigenvalue weighted by molar-refractivity contribution is 6.79. The van der Waals surface area contributed by atoms with Crippen molar-refractivity contribution in [2.45, 2.75) is 63.7 Å². The first-order chi connectivity index (χ1) is 5.27. The molecule has 0 aromatic carbocycles. The summed E-state index contributed by atoms with van der Waals surface area (Å²) in [5.74, 6) is 0. The SMILES string of the molecule is CCCCC[Si]1(C)CCCC1. The third-order valence-electron chi connectivity index (χ3n) is 3.19. The Hall–Kier alpha value is 0.217. The van der Waals surface area contributed by atoms with Gasteiger partial charge in [0.15, 0.2) is 0 Å². The van der Waals surface area contributed by atoms with Gasteiger partial charge in [0, 0.05) is 0 Å². The van der Waals surface area contributed by atoms with E-state index < -0.39 is 8.07 Å². The summed E-state index contributed by atoms with van der Waals surface area (Å²) in [6.07, 6.45) is 7.50. The Bertz CT molecular complexity index is 103. The lowest BCUT2D eigenvalue weighted by Crippen LogP contribution is -2.24. The fourth-order valence-electron chi connectivity index (χ4n) is 2.28. The first kappa shape index (κ1) is 9.31. The molecule has 0 bridgehead atoms. The van der Waals surface area contributed by atoms with Crippen LogP contribution in [0, 0.1) is 0 Å². The summed E-state index contributed by atoms with van der Waals surface area (Å²) in [5.41, 5.74) is 0. The Labute approximate surface area is 72.4 Å². The van der Waals surface area contributed by atoms with Crippen LogP contribution in [0.5, 0.6) is 0 Å². The second-order valence-electron chi connectivity index (χ2n) is 4.47. The summed E-state index contributed by atoms with van der Waals surface area (Å²) in [5, 5.41) is 0. The van der Waals surface area contributed by atoms with Gasteiger partial charge in [-0.1, -0.05) is 63.7 Å². The lowest BCUT2D eigenvalue weighted by Gasteiger charge is -2.20. The van der Waals surface area contributed by atoms with E-state index in [-0.39, 0.29) is 0 Å². The zero-order valence-corrected chi connectivity index (χ0v) is 9.16. The first-order valence-corrected chi connectivity index (χ1v) is 8.39. The third kappa shape index (κ3) is 2.98. The van der Waals surface area contributed by atoms with E-state index in [9.17, 15) is 0 Å². The molecule has 1 saturated heterocycles. The van der Waals surface area contributed by atoms with Crippen LogP contribution >= 0.6 is 0 Å². The molecule has 1 aliphatic heterocycles. The van der Waals surface area contributed by atoms with E-state index in [1.165, 1.54) is 19.3 Å². The summed E-state index contributed by atoms with van der Waals surface area (Å²) in [4.78, 5) is 0. The van der Waals surface area contributed by atoms with Crippen LogP contribution < -0.4 is 0 Å². The Morgan fingerprint density at radius 2 is 1.73 bits per heavy atom. The molecule has 0 N–H and O–H groups in total. The van der Waals surface area contributed by atoms with Gasteiger partial charge < -0.3 is 0 Å². The fourth-order valence-corrected chi connectivity index (χ4v) is 6.34. The normalized spacial score (nSPS) is 22.4. The number of hydrogen-bond acceptors (Lipinski definition) is 0. The van der Waals surface area contributed by atoms with Crippen molar-refractivity contribution in [1.29, 1.82) is 0 Å². The molecule has 0 saturated carbocycles. The van der Waals surface area contributed by atoms with Crippen LogP contribution in [-0.2, 0) is 0 Å². The van der Waals surface area contributed by atoms with Gasteiger partial charge in [0.25, 0.3) is 0 Å². The number of rotatable bonds is 4. The minimum Gasteiger partial charge on any atom is -0.0691 e. The molecule has 1 rings (SSSR count). The van der Waals surface area contributed by atoms with Gasteiger partial charge >= 0.3 is 0 Å². The molecule has 11 heavy (non-hydrogen) atoms. The molecule has 66 valence electrons. The highest BCUT2D eigenvalue weighted by atomic mass is 28.3. The van der Waals surface area contributed by atoms with Crippen molar-refractivity contribution in [2.75, 3.05) is 0 Å². The minimum atomic E-state index is -0.623. The molecule has 1 heteroatoms. The van der Waals surface area contributed by atoms with Crippen LogP contribution in [0.1, 0.15) is 39.0 Å². The Kier molecular flexibility index (Phi) is 3.63. The zero-order valence-electron chi connectivity index (χ0n) is 8.16. The molecule has 1 fully saturated rings. The van der Waals surface area contributed by atoms with Crippen molar-refractivity contribution >= 4 is 8.07 Å². The molecule has 1 heterocycles. The van der Waals surface area contributed by atoms with Crippen LogP contribution in [0.25, 0.3) is 0 Å². The second kappa shape index (κ2) is 4.29. The molecular formula is C10H22Si. The van der Waals surface area contributed by atoms with Crippen LogP contribution in [0.15, 0.2) is 0 Å². The van der Waals surface area contributed by atoms with E-state index >= 15 is 0 Å². The smallest absolute Gasteiger partial charge is 0.0504 e. The maximum atomic E-state index is 2.62. The third-order valence-corrected chi connectivity index (χ3v) is 7.88. The summed E-state index contributed by atoms with van der Waals surface area (Å²) in [6, 6.07) is 4.90.